The van der Waals surface area contributed by atoms with Crippen LogP contribution >= 0.6 is 11.6 Å². The Bertz CT molecular complexity index is 656. The fourth-order valence-corrected chi connectivity index (χ4v) is 2.14. The molecule has 4 nitrogen and oxygen atoms in total. The summed E-state index contributed by atoms with van der Waals surface area (Å²) < 4.78 is 0. The Balaban J connectivity index is 2.18. The van der Waals surface area contributed by atoms with Crippen LogP contribution in [0.4, 0.5) is 11.4 Å². The van der Waals surface area contributed by atoms with Crippen LogP contribution in [0.2, 0.25) is 5.02 Å². The molecule has 0 saturated carbocycles. The Hall–Kier alpha value is -2.20. The number of nitrogens with two attached hydrogens (primary N) is 1. The lowest BCUT2D eigenvalue weighted by Gasteiger charge is -2.14. The minimum Gasteiger partial charge on any atom is -0.397 e. The largest absolute Gasteiger partial charge is 0.397 e. The summed E-state index contributed by atoms with van der Waals surface area (Å²) in [6.07, 6.45) is 0. The third-order valence-corrected chi connectivity index (χ3v) is 3.50. The minimum absolute atomic E-state index is 0.0595. The van der Waals surface area contributed by atoms with Crippen LogP contribution in [0.5, 0.6) is 0 Å². The average Bonchev–Trinajstić information content (AvgIpc) is 2.47. The summed E-state index contributed by atoms with van der Waals surface area (Å²) in [6, 6.07) is 12.8. The molecule has 21 heavy (non-hydrogen) atoms. The normalized spacial score (nSPS) is 10.2. The Morgan fingerprint density at radius 2 is 1.95 bits per heavy atom. The van der Waals surface area contributed by atoms with Gasteiger partial charge in [0.1, 0.15) is 0 Å². The molecule has 2 rings (SSSR count). The van der Waals surface area contributed by atoms with Crippen LogP contribution < -0.4 is 11.1 Å². The van der Waals surface area contributed by atoms with Crippen molar-refractivity contribution in [2.24, 2.45) is 0 Å². The number of benzene rings is 2. The molecular weight excluding hydrogens is 286 g/mol. The smallest absolute Gasteiger partial charge is 0.253 e. The molecule has 0 atom stereocenters. The van der Waals surface area contributed by atoms with Gasteiger partial charge >= 0.3 is 0 Å². The van der Waals surface area contributed by atoms with E-state index in [0.29, 0.717) is 22.8 Å². The Labute approximate surface area is 129 Å². The number of nitrogens with zero attached hydrogens (tertiary/aromatic N) is 1. The third kappa shape index (κ3) is 3.67. The molecule has 2 aromatic carbocycles. The second-order valence-corrected chi connectivity index (χ2v) is 5.35. The molecule has 0 aliphatic rings. The standard InChI is InChI=1S/C16H18ClN3O/c1-20(2)16(21)11-7-8-14(18)15(9-11)19-10-12-5-3-4-6-13(12)17/h3-9,19H,10,18H2,1-2H3. The van der Waals surface area contributed by atoms with E-state index in [1.807, 2.05) is 24.3 Å². The molecule has 5 heteroatoms. The van der Waals surface area contributed by atoms with Gasteiger partial charge in [-0.1, -0.05) is 29.8 Å². The van der Waals surface area contributed by atoms with Crippen LogP contribution in [-0.4, -0.2) is 24.9 Å². The van der Waals surface area contributed by atoms with Gasteiger partial charge in [-0.05, 0) is 29.8 Å². The number of hydrogen-bond donors (Lipinski definition) is 2. The van der Waals surface area contributed by atoms with Crippen LogP contribution in [0.15, 0.2) is 42.5 Å². The number of carbonyl (C=O) groups excluding carboxylic acids is 1. The van der Waals surface area contributed by atoms with Gasteiger partial charge in [0.25, 0.3) is 5.91 Å². The molecule has 0 radical (unpaired) electrons. The Morgan fingerprint density at radius 1 is 1.24 bits per heavy atom. The Kier molecular flexibility index (Phi) is 4.70. The summed E-state index contributed by atoms with van der Waals surface area (Å²) in [5.74, 6) is -0.0595. The first-order chi connectivity index (χ1) is 9.99. The highest BCUT2D eigenvalue weighted by atomic mass is 35.5. The van der Waals surface area contributed by atoms with E-state index in [2.05, 4.69) is 5.32 Å². The van der Waals surface area contributed by atoms with Crippen LogP contribution in [0.1, 0.15) is 15.9 Å². The average molecular weight is 304 g/mol. The maximum Gasteiger partial charge on any atom is 0.253 e. The van der Waals surface area contributed by atoms with E-state index in [1.54, 1.807) is 32.3 Å². The van der Waals surface area contributed by atoms with Crippen LogP contribution in [0.3, 0.4) is 0 Å². The predicted molar refractivity (Wildman–Crippen MR) is 87.7 cm³/mol. The van der Waals surface area contributed by atoms with E-state index < -0.39 is 0 Å². The van der Waals surface area contributed by atoms with Gasteiger partial charge in [-0.3, -0.25) is 4.79 Å². The molecule has 0 unspecified atom stereocenters. The van der Waals surface area contributed by atoms with E-state index in [0.717, 1.165) is 11.3 Å². The zero-order chi connectivity index (χ0) is 15.4. The molecule has 0 spiro atoms. The first kappa shape index (κ1) is 15.2. The number of carbonyl (C=O) groups is 1. The van der Waals surface area contributed by atoms with Crippen LogP contribution in [0, 0.1) is 0 Å². The lowest BCUT2D eigenvalue weighted by atomic mass is 10.1. The van der Waals surface area contributed by atoms with Gasteiger partial charge in [0.05, 0.1) is 11.4 Å². The molecule has 0 heterocycles. The lowest BCUT2D eigenvalue weighted by Crippen LogP contribution is -2.21. The number of anilines is 2. The van der Waals surface area contributed by atoms with Crippen molar-refractivity contribution in [2.45, 2.75) is 6.54 Å². The summed E-state index contributed by atoms with van der Waals surface area (Å²) in [4.78, 5) is 13.5. The fourth-order valence-electron chi connectivity index (χ4n) is 1.93. The molecule has 3 N–H and O–H groups in total. The molecule has 0 aromatic heterocycles. The van der Waals surface area contributed by atoms with Crippen molar-refractivity contribution >= 4 is 28.9 Å². The number of hydrogen-bond acceptors (Lipinski definition) is 3. The molecule has 0 saturated heterocycles. The fraction of sp³-hybridized carbons (Fsp3) is 0.188. The summed E-state index contributed by atoms with van der Waals surface area (Å²) in [7, 11) is 3.44. The van der Waals surface area contributed by atoms with Crippen molar-refractivity contribution in [3.8, 4) is 0 Å². The van der Waals surface area contributed by atoms with E-state index >= 15 is 0 Å². The number of nitrogens with one attached hydrogen (secondary N) is 1. The molecule has 0 fully saturated rings. The van der Waals surface area contributed by atoms with Crippen molar-refractivity contribution < 1.29 is 4.79 Å². The SMILES string of the molecule is CN(C)C(=O)c1ccc(N)c(NCc2ccccc2Cl)c1. The van der Waals surface area contributed by atoms with Gasteiger partial charge in [0.15, 0.2) is 0 Å². The summed E-state index contributed by atoms with van der Waals surface area (Å²) in [5.41, 5.74) is 8.84. The second-order valence-electron chi connectivity index (χ2n) is 4.95. The number of amides is 1. The molecule has 0 aliphatic carbocycles. The maximum atomic E-state index is 12.0. The monoisotopic (exact) mass is 303 g/mol. The minimum atomic E-state index is -0.0595. The molecule has 2 aromatic rings. The highest BCUT2D eigenvalue weighted by Gasteiger charge is 2.10. The summed E-state index contributed by atoms with van der Waals surface area (Å²) in [6.45, 7) is 0.545. The molecule has 0 bridgehead atoms. The third-order valence-electron chi connectivity index (χ3n) is 3.13. The van der Waals surface area contributed by atoms with Crippen molar-refractivity contribution in [3.63, 3.8) is 0 Å². The number of rotatable bonds is 4. The van der Waals surface area contributed by atoms with E-state index in [4.69, 9.17) is 17.3 Å². The van der Waals surface area contributed by atoms with Gasteiger partial charge in [-0.25, -0.2) is 0 Å². The maximum absolute atomic E-state index is 12.0. The second kappa shape index (κ2) is 6.50. The van der Waals surface area contributed by atoms with Gasteiger partial charge in [-0.15, -0.1) is 0 Å². The van der Waals surface area contributed by atoms with Crippen molar-refractivity contribution in [3.05, 3.63) is 58.6 Å². The van der Waals surface area contributed by atoms with E-state index in [1.165, 1.54) is 4.90 Å². The highest BCUT2D eigenvalue weighted by molar-refractivity contribution is 6.31. The van der Waals surface area contributed by atoms with E-state index in [-0.39, 0.29) is 5.91 Å². The first-order valence-electron chi connectivity index (χ1n) is 6.57. The first-order valence-corrected chi connectivity index (χ1v) is 6.95. The zero-order valence-electron chi connectivity index (χ0n) is 12.1. The lowest BCUT2D eigenvalue weighted by molar-refractivity contribution is 0.0827. The van der Waals surface area contributed by atoms with Gasteiger partial charge in [-0.2, -0.15) is 0 Å². The summed E-state index contributed by atoms with van der Waals surface area (Å²) in [5, 5.41) is 3.92. The van der Waals surface area contributed by atoms with Crippen molar-refractivity contribution in [1.82, 2.24) is 4.90 Å². The number of nitrogen functional groups attached to an aromatic ring is 1. The Morgan fingerprint density at radius 3 is 2.62 bits per heavy atom. The van der Waals surface area contributed by atoms with Gasteiger partial charge in [0, 0.05) is 31.2 Å². The number of halogens is 1. The predicted octanol–water partition coefficient (Wildman–Crippen LogP) is 3.24. The van der Waals surface area contributed by atoms with Crippen molar-refractivity contribution in [2.75, 3.05) is 25.1 Å². The van der Waals surface area contributed by atoms with E-state index in [9.17, 15) is 4.79 Å². The molecular formula is C16H18ClN3O. The van der Waals surface area contributed by atoms with Gasteiger partial charge in [0.2, 0.25) is 0 Å². The van der Waals surface area contributed by atoms with Gasteiger partial charge < -0.3 is 16.0 Å². The molecule has 110 valence electrons. The quantitative estimate of drug-likeness (QED) is 0.853. The molecule has 1 amide bonds. The summed E-state index contributed by atoms with van der Waals surface area (Å²) >= 11 is 6.12. The molecule has 0 aliphatic heterocycles. The van der Waals surface area contributed by atoms with Crippen LogP contribution in [0.25, 0.3) is 0 Å². The van der Waals surface area contributed by atoms with Crippen molar-refractivity contribution in [1.29, 1.82) is 0 Å². The highest BCUT2D eigenvalue weighted by Crippen LogP contribution is 2.23. The topological polar surface area (TPSA) is 58.4 Å². The van der Waals surface area contributed by atoms with Crippen LogP contribution in [-0.2, 0) is 6.54 Å². The zero-order valence-corrected chi connectivity index (χ0v) is 12.8.